The molecule has 1 N–H and O–H groups in total. The SMILES string of the molecule is Cc1cc(NC(=O)CSc2ncnc3c2cnn3-c2ccccc2)n(-c2ccc(F)cc2)n1. The zero-order valence-corrected chi connectivity index (χ0v) is 18.3. The van der Waals surface area contributed by atoms with Gasteiger partial charge in [0.2, 0.25) is 5.91 Å². The van der Waals surface area contributed by atoms with Gasteiger partial charge in [0.1, 0.15) is 23.0 Å². The first-order valence-electron chi connectivity index (χ1n) is 10.1. The summed E-state index contributed by atoms with van der Waals surface area (Å²) in [6, 6.07) is 17.4. The molecule has 0 aliphatic rings. The number of rotatable bonds is 6. The number of para-hydroxylation sites is 1. The average Bonchev–Trinajstić information content (AvgIpc) is 3.42. The van der Waals surface area contributed by atoms with Gasteiger partial charge in [0.15, 0.2) is 5.65 Å². The summed E-state index contributed by atoms with van der Waals surface area (Å²) >= 11 is 1.30. The fourth-order valence-corrected chi connectivity index (χ4v) is 4.14. The smallest absolute Gasteiger partial charge is 0.235 e. The van der Waals surface area contributed by atoms with E-state index in [1.54, 1.807) is 33.8 Å². The summed E-state index contributed by atoms with van der Waals surface area (Å²) in [6.45, 7) is 1.83. The predicted molar refractivity (Wildman–Crippen MR) is 124 cm³/mol. The number of halogens is 1. The quantitative estimate of drug-likeness (QED) is 0.303. The Morgan fingerprint density at radius 1 is 1.03 bits per heavy atom. The van der Waals surface area contributed by atoms with E-state index >= 15 is 0 Å². The summed E-state index contributed by atoms with van der Waals surface area (Å²) in [5, 5.41) is 13.1. The summed E-state index contributed by atoms with van der Waals surface area (Å²) in [5.41, 5.74) is 2.94. The number of thioether (sulfide) groups is 1. The normalized spacial score (nSPS) is 11.1. The Hall–Kier alpha value is -4.05. The second kappa shape index (κ2) is 8.83. The Balaban J connectivity index is 1.32. The fraction of sp³-hybridized carbons (Fsp3) is 0.0870. The molecule has 0 saturated heterocycles. The van der Waals surface area contributed by atoms with Crippen LogP contribution in [0.3, 0.4) is 0 Å². The molecule has 0 atom stereocenters. The Labute approximate surface area is 192 Å². The molecule has 1 amide bonds. The van der Waals surface area contributed by atoms with E-state index in [0.717, 1.165) is 16.8 Å². The molecule has 0 aliphatic heterocycles. The number of aromatic nitrogens is 6. The van der Waals surface area contributed by atoms with Gasteiger partial charge in [-0.25, -0.2) is 23.7 Å². The van der Waals surface area contributed by atoms with Gasteiger partial charge in [-0.2, -0.15) is 10.2 Å². The van der Waals surface area contributed by atoms with Crippen molar-refractivity contribution in [1.29, 1.82) is 0 Å². The number of aryl methyl sites for hydroxylation is 1. The molecule has 0 aliphatic carbocycles. The van der Waals surface area contributed by atoms with Crippen molar-refractivity contribution >= 4 is 34.5 Å². The van der Waals surface area contributed by atoms with Crippen LogP contribution in [0.5, 0.6) is 0 Å². The zero-order valence-electron chi connectivity index (χ0n) is 17.5. The van der Waals surface area contributed by atoms with Crippen LogP contribution in [-0.2, 0) is 4.79 Å². The maximum absolute atomic E-state index is 13.3. The van der Waals surface area contributed by atoms with Crippen LogP contribution in [0, 0.1) is 12.7 Å². The maximum atomic E-state index is 13.3. The number of anilines is 1. The van der Waals surface area contributed by atoms with Gasteiger partial charge in [-0.3, -0.25) is 4.79 Å². The molecule has 5 aromatic rings. The zero-order chi connectivity index (χ0) is 22.8. The van der Waals surface area contributed by atoms with Crippen LogP contribution in [0.25, 0.3) is 22.4 Å². The number of hydrogen-bond acceptors (Lipinski definition) is 6. The van der Waals surface area contributed by atoms with E-state index in [-0.39, 0.29) is 17.5 Å². The van der Waals surface area contributed by atoms with E-state index in [4.69, 9.17) is 0 Å². The van der Waals surface area contributed by atoms with Crippen LogP contribution in [0.1, 0.15) is 5.69 Å². The van der Waals surface area contributed by atoms with Crippen LogP contribution in [0.15, 0.2) is 78.2 Å². The molecule has 5 rings (SSSR count). The Bertz CT molecular complexity index is 1430. The van der Waals surface area contributed by atoms with Crippen LogP contribution in [-0.4, -0.2) is 41.2 Å². The Kier molecular flexibility index (Phi) is 5.57. The van der Waals surface area contributed by atoms with Crippen molar-refractivity contribution in [3.05, 3.63) is 84.7 Å². The minimum absolute atomic E-state index is 0.135. The average molecular weight is 460 g/mol. The molecule has 3 aromatic heterocycles. The van der Waals surface area contributed by atoms with Crippen LogP contribution in [0.2, 0.25) is 0 Å². The van der Waals surface area contributed by atoms with E-state index in [9.17, 15) is 9.18 Å². The number of amides is 1. The highest BCUT2D eigenvalue weighted by atomic mass is 32.2. The van der Waals surface area contributed by atoms with Gasteiger partial charge in [-0.15, -0.1) is 0 Å². The first kappa shape index (κ1) is 20.8. The number of nitrogens with zero attached hydrogens (tertiary/aromatic N) is 6. The molecule has 8 nitrogen and oxygen atoms in total. The van der Waals surface area contributed by atoms with Gasteiger partial charge >= 0.3 is 0 Å². The van der Waals surface area contributed by atoms with Gasteiger partial charge in [0.05, 0.1) is 34.4 Å². The minimum atomic E-state index is -0.337. The highest BCUT2D eigenvalue weighted by Gasteiger charge is 2.15. The monoisotopic (exact) mass is 459 g/mol. The van der Waals surface area contributed by atoms with Crippen LogP contribution < -0.4 is 5.32 Å². The number of hydrogen-bond donors (Lipinski definition) is 1. The molecular formula is C23H18FN7OS. The highest BCUT2D eigenvalue weighted by molar-refractivity contribution is 8.00. The third-order valence-electron chi connectivity index (χ3n) is 4.84. The third-order valence-corrected chi connectivity index (χ3v) is 5.85. The summed E-state index contributed by atoms with van der Waals surface area (Å²) in [6.07, 6.45) is 3.17. The molecule has 2 aromatic carbocycles. The van der Waals surface area contributed by atoms with Crippen molar-refractivity contribution in [2.75, 3.05) is 11.1 Å². The lowest BCUT2D eigenvalue weighted by Gasteiger charge is -2.09. The van der Waals surface area contributed by atoms with Crippen molar-refractivity contribution < 1.29 is 9.18 Å². The molecular weight excluding hydrogens is 441 g/mol. The number of nitrogens with one attached hydrogen (secondary N) is 1. The minimum Gasteiger partial charge on any atom is -0.310 e. The number of fused-ring (bicyclic) bond motifs is 1. The lowest BCUT2D eigenvalue weighted by atomic mass is 10.3. The molecule has 0 fully saturated rings. The largest absolute Gasteiger partial charge is 0.310 e. The van der Waals surface area contributed by atoms with Gasteiger partial charge < -0.3 is 5.32 Å². The van der Waals surface area contributed by atoms with E-state index in [0.29, 0.717) is 22.2 Å². The van der Waals surface area contributed by atoms with Crippen LogP contribution in [0.4, 0.5) is 10.2 Å². The number of carbonyl (C=O) groups excluding carboxylic acids is 1. The van der Waals surface area contributed by atoms with Crippen molar-refractivity contribution in [2.45, 2.75) is 11.9 Å². The second-order valence-electron chi connectivity index (χ2n) is 7.20. The van der Waals surface area contributed by atoms with Crippen molar-refractivity contribution in [3.63, 3.8) is 0 Å². The summed E-state index contributed by atoms with van der Waals surface area (Å²) in [5.74, 6) is 0.0901. The van der Waals surface area contributed by atoms with Crippen LogP contribution >= 0.6 is 11.8 Å². The number of benzene rings is 2. The van der Waals surface area contributed by atoms with E-state index in [2.05, 4.69) is 25.5 Å². The van der Waals surface area contributed by atoms with Gasteiger partial charge in [-0.1, -0.05) is 30.0 Å². The summed E-state index contributed by atoms with van der Waals surface area (Å²) < 4.78 is 16.6. The maximum Gasteiger partial charge on any atom is 0.235 e. The van der Waals surface area contributed by atoms with Gasteiger partial charge in [0, 0.05) is 6.07 Å². The van der Waals surface area contributed by atoms with E-state index in [1.165, 1.54) is 30.2 Å². The summed E-state index contributed by atoms with van der Waals surface area (Å²) in [4.78, 5) is 21.4. The molecule has 0 radical (unpaired) electrons. The van der Waals surface area contributed by atoms with Crippen molar-refractivity contribution in [2.24, 2.45) is 0 Å². The van der Waals surface area contributed by atoms with E-state index < -0.39 is 0 Å². The summed E-state index contributed by atoms with van der Waals surface area (Å²) in [7, 11) is 0. The molecule has 33 heavy (non-hydrogen) atoms. The Morgan fingerprint density at radius 3 is 2.58 bits per heavy atom. The highest BCUT2D eigenvalue weighted by Crippen LogP contribution is 2.26. The molecule has 3 heterocycles. The lowest BCUT2D eigenvalue weighted by Crippen LogP contribution is -2.17. The molecule has 164 valence electrons. The molecule has 0 bridgehead atoms. The number of carbonyl (C=O) groups is 1. The third kappa shape index (κ3) is 4.33. The topological polar surface area (TPSA) is 90.5 Å². The molecule has 0 unspecified atom stereocenters. The standard InChI is InChI=1S/C23H18FN7OS/c1-15-11-20(30(29-15)18-9-7-16(24)8-10-18)28-21(32)13-33-23-19-12-27-31(22(19)25-14-26-23)17-5-3-2-4-6-17/h2-12,14H,13H2,1H3,(H,28,32). The van der Waals surface area contributed by atoms with Crippen molar-refractivity contribution in [1.82, 2.24) is 29.5 Å². The predicted octanol–water partition coefficient (Wildman–Crippen LogP) is 4.18. The molecule has 0 saturated carbocycles. The molecule has 10 heteroatoms. The van der Waals surface area contributed by atoms with Gasteiger partial charge in [-0.05, 0) is 43.3 Å². The lowest BCUT2D eigenvalue weighted by molar-refractivity contribution is -0.113. The van der Waals surface area contributed by atoms with Gasteiger partial charge in [0.25, 0.3) is 0 Å². The second-order valence-corrected chi connectivity index (χ2v) is 8.17. The van der Waals surface area contributed by atoms with E-state index in [1.807, 2.05) is 37.3 Å². The van der Waals surface area contributed by atoms with Crippen molar-refractivity contribution in [3.8, 4) is 11.4 Å². The fourth-order valence-electron chi connectivity index (χ4n) is 3.38. The molecule has 0 spiro atoms. The first-order chi connectivity index (χ1) is 16.1. The Morgan fingerprint density at radius 2 is 1.79 bits per heavy atom. The first-order valence-corrected chi connectivity index (χ1v) is 11.1.